The van der Waals surface area contributed by atoms with Crippen LogP contribution in [0.3, 0.4) is 0 Å². The van der Waals surface area contributed by atoms with Crippen LogP contribution in [0.5, 0.6) is 5.75 Å². The molecule has 2 aromatic carbocycles. The molecule has 2 rings (SSSR count). The molecular weight excluding hydrogens is 371 g/mol. The van der Waals surface area contributed by atoms with E-state index in [1.807, 2.05) is 12.1 Å². The van der Waals surface area contributed by atoms with E-state index in [0.29, 0.717) is 17.3 Å². The largest absolute Gasteiger partial charge is 0.573 e. The molecule has 0 fully saturated rings. The van der Waals surface area contributed by atoms with Gasteiger partial charge in [0.1, 0.15) is 5.75 Å². The van der Waals surface area contributed by atoms with Crippen LogP contribution < -0.4 is 10.1 Å². The van der Waals surface area contributed by atoms with Crippen molar-refractivity contribution in [1.82, 2.24) is 0 Å². The molecule has 0 saturated heterocycles. The molecule has 0 atom stereocenters. The Labute approximate surface area is 133 Å². The van der Waals surface area contributed by atoms with Gasteiger partial charge in [0.25, 0.3) is 0 Å². The van der Waals surface area contributed by atoms with Crippen LogP contribution in [0.25, 0.3) is 0 Å². The molecule has 2 nitrogen and oxygen atoms in total. The molecule has 112 valence electrons. The average molecular weight is 381 g/mol. The second kappa shape index (κ2) is 6.58. The van der Waals surface area contributed by atoms with Crippen molar-refractivity contribution < 1.29 is 17.9 Å². The third kappa shape index (κ3) is 5.13. The van der Waals surface area contributed by atoms with Crippen molar-refractivity contribution >= 4 is 33.2 Å². The van der Waals surface area contributed by atoms with Gasteiger partial charge in [0.15, 0.2) is 0 Å². The Hall–Kier alpha value is -1.40. The van der Waals surface area contributed by atoms with Crippen LogP contribution in [0.2, 0.25) is 5.02 Å². The van der Waals surface area contributed by atoms with Crippen molar-refractivity contribution in [2.75, 3.05) is 5.32 Å². The maximum atomic E-state index is 12.2. The van der Waals surface area contributed by atoms with E-state index in [1.54, 1.807) is 12.1 Å². The molecule has 0 amide bonds. The summed E-state index contributed by atoms with van der Waals surface area (Å²) < 4.78 is 40.6. The monoisotopic (exact) mass is 379 g/mol. The third-order valence-corrected chi connectivity index (χ3v) is 3.44. The van der Waals surface area contributed by atoms with Crippen molar-refractivity contribution in [2.45, 2.75) is 12.9 Å². The smallest absolute Gasteiger partial charge is 0.405 e. The van der Waals surface area contributed by atoms with Crippen LogP contribution >= 0.6 is 27.5 Å². The van der Waals surface area contributed by atoms with E-state index in [-0.39, 0.29) is 10.2 Å². The topological polar surface area (TPSA) is 21.3 Å². The van der Waals surface area contributed by atoms with E-state index in [4.69, 9.17) is 11.6 Å². The number of hydrogen-bond acceptors (Lipinski definition) is 2. The van der Waals surface area contributed by atoms with Gasteiger partial charge >= 0.3 is 6.36 Å². The summed E-state index contributed by atoms with van der Waals surface area (Å²) in [4.78, 5) is 0. The minimum absolute atomic E-state index is 0.223. The zero-order chi connectivity index (χ0) is 15.5. The highest BCUT2D eigenvalue weighted by atomic mass is 79.9. The average Bonchev–Trinajstić information content (AvgIpc) is 2.40. The predicted octanol–water partition coefficient (Wildman–Crippen LogP) is 5.61. The first-order valence-corrected chi connectivity index (χ1v) is 7.04. The van der Waals surface area contributed by atoms with Gasteiger partial charge in [0, 0.05) is 17.3 Å². The van der Waals surface area contributed by atoms with Gasteiger partial charge < -0.3 is 10.1 Å². The summed E-state index contributed by atoms with van der Waals surface area (Å²) in [7, 11) is 0. The van der Waals surface area contributed by atoms with Crippen molar-refractivity contribution in [3.05, 3.63) is 57.5 Å². The van der Waals surface area contributed by atoms with Crippen LogP contribution in [0.15, 0.2) is 46.9 Å². The standard InChI is InChI=1S/C14H10BrClF3NO/c15-12-7-11(5-6-13(12)21-14(17,18)19)20-8-9-1-3-10(16)4-2-9/h1-7,20H,8H2. The highest BCUT2D eigenvalue weighted by Crippen LogP contribution is 2.32. The fourth-order valence-corrected chi connectivity index (χ4v) is 2.21. The summed E-state index contributed by atoms with van der Waals surface area (Å²) in [6.45, 7) is 0.531. The molecule has 0 aromatic heterocycles. The summed E-state index contributed by atoms with van der Waals surface area (Å²) in [5, 5.41) is 3.75. The van der Waals surface area contributed by atoms with Crippen LogP contribution in [-0.4, -0.2) is 6.36 Å². The zero-order valence-electron chi connectivity index (χ0n) is 10.5. The molecule has 21 heavy (non-hydrogen) atoms. The van der Waals surface area contributed by atoms with Crippen molar-refractivity contribution in [3.8, 4) is 5.75 Å². The number of hydrogen-bond donors (Lipinski definition) is 1. The summed E-state index contributed by atoms with van der Waals surface area (Å²) in [5.74, 6) is -0.278. The van der Waals surface area contributed by atoms with Crippen molar-refractivity contribution in [2.24, 2.45) is 0 Å². The van der Waals surface area contributed by atoms with Gasteiger partial charge in [-0.3, -0.25) is 0 Å². The molecule has 0 bridgehead atoms. The first kappa shape index (κ1) is 16.0. The molecule has 7 heteroatoms. The quantitative estimate of drug-likeness (QED) is 0.744. The SMILES string of the molecule is FC(F)(F)Oc1ccc(NCc2ccc(Cl)cc2)cc1Br. The summed E-state index contributed by atoms with van der Waals surface area (Å²) in [6, 6.07) is 11.6. The van der Waals surface area contributed by atoms with Gasteiger partial charge in [-0.2, -0.15) is 0 Å². The third-order valence-electron chi connectivity index (χ3n) is 2.57. The van der Waals surface area contributed by atoms with Crippen molar-refractivity contribution in [1.29, 1.82) is 0 Å². The second-order valence-corrected chi connectivity index (χ2v) is 5.46. The van der Waals surface area contributed by atoms with Crippen LogP contribution in [-0.2, 0) is 6.54 Å². The van der Waals surface area contributed by atoms with Gasteiger partial charge in [0.05, 0.1) is 4.47 Å². The Bertz CT molecular complexity index is 617. The van der Waals surface area contributed by atoms with E-state index in [9.17, 15) is 13.2 Å². The highest BCUT2D eigenvalue weighted by molar-refractivity contribution is 9.10. The molecular formula is C14H10BrClF3NO. The molecule has 0 aliphatic carbocycles. The number of alkyl halides is 3. The summed E-state index contributed by atoms with van der Waals surface area (Å²) >= 11 is 8.84. The minimum Gasteiger partial charge on any atom is -0.405 e. The molecule has 0 aliphatic heterocycles. The van der Waals surface area contributed by atoms with E-state index in [1.165, 1.54) is 18.2 Å². The Morgan fingerprint density at radius 2 is 1.76 bits per heavy atom. The van der Waals surface area contributed by atoms with Crippen LogP contribution in [0.4, 0.5) is 18.9 Å². The number of halogens is 5. The molecule has 1 N–H and O–H groups in total. The van der Waals surface area contributed by atoms with Gasteiger partial charge in [-0.05, 0) is 51.8 Å². The van der Waals surface area contributed by atoms with Crippen molar-refractivity contribution in [3.63, 3.8) is 0 Å². The normalized spacial score (nSPS) is 11.3. The van der Waals surface area contributed by atoms with Crippen LogP contribution in [0.1, 0.15) is 5.56 Å². The number of ether oxygens (including phenoxy) is 1. The molecule has 0 aliphatic rings. The molecule has 0 saturated carbocycles. The fraction of sp³-hybridized carbons (Fsp3) is 0.143. The zero-order valence-corrected chi connectivity index (χ0v) is 12.9. The molecule has 0 heterocycles. The Morgan fingerprint density at radius 3 is 2.33 bits per heavy atom. The van der Waals surface area contributed by atoms with E-state index >= 15 is 0 Å². The number of rotatable bonds is 4. The maximum absolute atomic E-state index is 12.2. The minimum atomic E-state index is -4.71. The number of benzene rings is 2. The Balaban J connectivity index is 2.01. The summed E-state index contributed by atoms with van der Waals surface area (Å²) in [5.41, 5.74) is 1.68. The lowest BCUT2D eigenvalue weighted by Gasteiger charge is -2.12. The maximum Gasteiger partial charge on any atom is 0.573 e. The lowest BCUT2D eigenvalue weighted by Crippen LogP contribution is -2.17. The Kier molecular flexibility index (Phi) is 5.00. The second-order valence-electron chi connectivity index (χ2n) is 4.17. The number of nitrogens with one attached hydrogen (secondary N) is 1. The number of anilines is 1. The van der Waals surface area contributed by atoms with E-state index in [2.05, 4.69) is 26.0 Å². The predicted molar refractivity (Wildman–Crippen MR) is 79.6 cm³/mol. The molecule has 0 spiro atoms. The lowest BCUT2D eigenvalue weighted by molar-refractivity contribution is -0.274. The fourth-order valence-electron chi connectivity index (χ4n) is 1.62. The van der Waals surface area contributed by atoms with Gasteiger partial charge in [-0.1, -0.05) is 23.7 Å². The van der Waals surface area contributed by atoms with E-state index < -0.39 is 6.36 Å². The van der Waals surface area contributed by atoms with Crippen LogP contribution in [0, 0.1) is 0 Å². The molecule has 0 radical (unpaired) electrons. The van der Waals surface area contributed by atoms with Gasteiger partial charge in [-0.25, -0.2) is 0 Å². The van der Waals surface area contributed by atoms with Gasteiger partial charge in [-0.15, -0.1) is 13.2 Å². The van der Waals surface area contributed by atoms with E-state index in [0.717, 1.165) is 5.56 Å². The first-order chi connectivity index (χ1) is 9.83. The molecule has 0 unspecified atom stereocenters. The van der Waals surface area contributed by atoms with Gasteiger partial charge in [0.2, 0.25) is 0 Å². The Morgan fingerprint density at radius 1 is 1.10 bits per heavy atom. The lowest BCUT2D eigenvalue weighted by atomic mass is 10.2. The molecule has 2 aromatic rings. The highest BCUT2D eigenvalue weighted by Gasteiger charge is 2.31. The summed E-state index contributed by atoms with van der Waals surface area (Å²) in [6.07, 6.45) is -4.71. The first-order valence-electron chi connectivity index (χ1n) is 5.87.